The number of phenolic OH excluding ortho intramolecular Hbond substituents is 2. The standard InChI is InChI=1S/C16H17NO3/c1-11(12-5-3-2-4-6-12)10-17-16(20)14-9-13(18)7-8-15(14)19/h2-9,11,18-19H,10H2,1H3,(H,17,20). The number of rotatable bonds is 4. The van der Waals surface area contributed by atoms with E-state index in [1.165, 1.54) is 18.2 Å². The van der Waals surface area contributed by atoms with Crippen LogP contribution in [0.15, 0.2) is 48.5 Å². The van der Waals surface area contributed by atoms with Crippen LogP contribution in [-0.2, 0) is 0 Å². The normalized spacial score (nSPS) is 11.8. The summed E-state index contributed by atoms with van der Waals surface area (Å²) >= 11 is 0. The Morgan fingerprint density at radius 2 is 1.85 bits per heavy atom. The maximum Gasteiger partial charge on any atom is 0.255 e. The van der Waals surface area contributed by atoms with E-state index in [9.17, 15) is 15.0 Å². The predicted octanol–water partition coefficient (Wildman–Crippen LogP) is 2.63. The Bertz CT molecular complexity index is 596. The van der Waals surface area contributed by atoms with Crippen molar-refractivity contribution in [3.05, 3.63) is 59.7 Å². The summed E-state index contributed by atoms with van der Waals surface area (Å²) in [5.74, 6) is -0.433. The number of amides is 1. The smallest absolute Gasteiger partial charge is 0.255 e. The molecule has 104 valence electrons. The first-order valence-corrected chi connectivity index (χ1v) is 6.43. The molecule has 1 amide bonds. The van der Waals surface area contributed by atoms with E-state index in [0.29, 0.717) is 6.54 Å². The van der Waals surface area contributed by atoms with Gasteiger partial charge in [0.15, 0.2) is 0 Å². The molecule has 2 rings (SSSR count). The van der Waals surface area contributed by atoms with Crippen LogP contribution >= 0.6 is 0 Å². The Labute approximate surface area is 117 Å². The number of phenols is 2. The van der Waals surface area contributed by atoms with E-state index in [1.807, 2.05) is 37.3 Å². The molecule has 0 heterocycles. The Hall–Kier alpha value is -2.49. The predicted molar refractivity (Wildman–Crippen MR) is 77.0 cm³/mol. The van der Waals surface area contributed by atoms with Gasteiger partial charge in [-0.2, -0.15) is 0 Å². The molecule has 0 bridgehead atoms. The molecule has 0 saturated carbocycles. The minimum atomic E-state index is -0.402. The molecule has 0 fully saturated rings. The Morgan fingerprint density at radius 3 is 2.55 bits per heavy atom. The monoisotopic (exact) mass is 271 g/mol. The van der Waals surface area contributed by atoms with Crippen molar-refractivity contribution in [1.82, 2.24) is 5.32 Å². The van der Waals surface area contributed by atoms with Gasteiger partial charge in [0, 0.05) is 6.54 Å². The van der Waals surface area contributed by atoms with Gasteiger partial charge in [-0.15, -0.1) is 0 Å². The SMILES string of the molecule is CC(CNC(=O)c1cc(O)ccc1O)c1ccccc1. The van der Waals surface area contributed by atoms with Crippen LogP contribution in [0.5, 0.6) is 11.5 Å². The summed E-state index contributed by atoms with van der Waals surface area (Å²) in [4.78, 5) is 12.0. The molecule has 0 aliphatic heterocycles. The van der Waals surface area contributed by atoms with Gasteiger partial charge in [-0.25, -0.2) is 0 Å². The third-order valence-electron chi connectivity index (χ3n) is 3.16. The maximum atomic E-state index is 12.0. The second-order valence-corrected chi connectivity index (χ2v) is 4.72. The van der Waals surface area contributed by atoms with Gasteiger partial charge in [-0.05, 0) is 29.7 Å². The number of carbonyl (C=O) groups excluding carboxylic acids is 1. The van der Waals surface area contributed by atoms with Gasteiger partial charge in [0.1, 0.15) is 11.5 Å². The lowest BCUT2D eigenvalue weighted by atomic mass is 10.0. The number of nitrogens with one attached hydrogen (secondary N) is 1. The molecule has 0 aromatic heterocycles. The molecule has 3 N–H and O–H groups in total. The van der Waals surface area contributed by atoms with Crippen molar-refractivity contribution in [1.29, 1.82) is 0 Å². The number of aromatic hydroxyl groups is 2. The van der Waals surface area contributed by atoms with E-state index in [2.05, 4.69) is 5.32 Å². The van der Waals surface area contributed by atoms with Crippen LogP contribution in [0.1, 0.15) is 28.8 Å². The highest BCUT2D eigenvalue weighted by Crippen LogP contribution is 2.22. The van der Waals surface area contributed by atoms with Crippen LogP contribution in [0, 0.1) is 0 Å². The van der Waals surface area contributed by atoms with E-state index in [0.717, 1.165) is 5.56 Å². The highest BCUT2D eigenvalue weighted by Gasteiger charge is 2.13. The van der Waals surface area contributed by atoms with Crippen molar-refractivity contribution in [3.8, 4) is 11.5 Å². The van der Waals surface area contributed by atoms with Gasteiger partial charge < -0.3 is 15.5 Å². The van der Waals surface area contributed by atoms with E-state index in [1.54, 1.807) is 0 Å². The molecule has 1 unspecified atom stereocenters. The fourth-order valence-electron chi connectivity index (χ4n) is 1.95. The molecule has 4 heteroatoms. The molecule has 0 radical (unpaired) electrons. The van der Waals surface area contributed by atoms with Crippen LogP contribution in [0.3, 0.4) is 0 Å². The van der Waals surface area contributed by atoms with E-state index in [4.69, 9.17) is 0 Å². The Kier molecular flexibility index (Phi) is 4.25. The van der Waals surface area contributed by atoms with E-state index < -0.39 is 5.91 Å². The topological polar surface area (TPSA) is 69.6 Å². The van der Waals surface area contributed by atoms with Crippen molar-refractivity contribution in [3.63, 3.8) is 0 Å². The van der Waals surface area contributed by atoms with Crippen molar-refractivity contribution >= 4 is 5.91 Å². The van der Waals surface area contributed by atoms with Crippen molar-refractivity contribution in [2.45, 2.75) is 12.8 Å². The summed E-state index contributed by atoms with van der Waals surface area (Å²) in [6.07, 6.45) is 0. The van der Waals surface area contributed by atoms with Crippen LogP contribution in [-0.4, -0.2) is 22.7 Å². The second-order valence-electron chi connectivity index (χ2n) is 4.72. The highest BCUT2D eigenvalue weighted by molar-refractivity contribution is 5.97. The first kappa shape index (κ1) is 13.9. The largest absolute Gasteiger partial charge is 0.508 e. The lowest BCUT2D eigenvalue weighted by molar-refractivity contribution is 0.0948. The van der Waals surface area contributed by atoms with Gasteiger partial charge in [0.05, 0.1) is 5.56 Å². The van der Waals surface area contributed by atoms with Crippen LogP contribution in [0.2, 0.25) is 0 Å². The molecular formula is C16H17NO3. The molecule has 0 aliphatic carbocycles. The minimum Gasteiger partial charge on any atom is -0.508 e. The molecule has 2 aromatic rings. The average Bonchev–Trinajstić information content (AvgIpc) is 2.47. The fourth-order valence-corrected chi connectivity index (χ4v) is 1.95. The average molecular weight is 271 g/mol. The second kappa shape index (κ2) is 6.10. The number of hydrogen-bond donors (Lipinski definition) is 3. The first-order valence-electron chi connectivity index (χ1n) is 6.43. The molecule has 4 nitrogen and oxygen atoms in total. The summed E-state index contributed by atoms with van der Waals surface area (Å²) in [7, 11) is 0. The minimum absolute atomic E-state index is 0.0518. The van der Waals surface area contributed by atoms with Crippen LogP contribution in [0.4, 0.5) is 0 Å². The van der Waals surface area contributed by atoms with Crippen molar-refractivity contribution in [2.75, 3.05) is 6.54 Å². The molecule has 0 aliphatic rings. The van der Waals surface area contributed by atoms with Crippen molar-refractivity contribution < 1.29 is 15.0 Å². The molecular weight excluding hydrogens is 254 g/mol. The van der Waals surface area contributed by atoms with Gasteiger partial charge in [0.25, 0.3) is 5.91 Å². The summed E-state index contributed by atoms with van der Waals surface area (Å²) < 4.78 is 0. The molecule has 1 atom stereocenters. The lowest BCUT2D eigenvalue weighted by Crippen LogP contribution is -2.27. The van der Waals surface area contributed by atoms with Crippen LogP contribution in [0.25, 0.3) is 0 Å². The maximum absolute atomic E-state index is 12.0. The third kappa shape index (κ3) is 3.29. The van der Waals surface area contributed by atoms with Crippen molar-refractivity contribution in [2.24, 2.45) is 0 Å². The zero-order chi connectivity index (χ0) is 14.5. The quantitative estimate of drug-likeness (QED) is 0.749. The molecule has 20 heavy (non-hydrogen) atoms. The molecule has 2 aromatic carbocycles. The summed E-state index contributed by atoms with van der Waals surface area (Å²) in [5.41, 5.74) is 1.21. The zero-order valence-corrected chi connectivity index (χ0v) is 11.2. The van der Waals surface area contributed by atoms with Gasteiger partial charge in [0.2, 0.25) is 0 Å². The molecule has 0 saturated heterocycles. The fraction of sp³-hybridized carbons (Fsp3) is 0.188. The molecule has 0 spiro atoms. The van der Waals surface area contributed by atoms with Gasteiger partial charge >= 0.3 is 0 Å². The lowest BCUT2D eigenvalue weighted by Gasteiger charge is -2.13. The Morgan fingerprint density at radius 1 is 1.15 bits per heavy atom. The summed E-state index contributed by atoms with van der Waals surface area (Å²) in [6, 6.07) is 13.7. The zero-order valence-electron chi connectivity index (χ0n) is 11.2. The first-order chi connectivity index (χ1) is 9.58. The van der Waals surface area contributed by atoms with E-state index >= 15 is 0 Å². The summed E-state index contributed by atoms with van der Waals surface area (Å²) in [5, 5.41) is 21.7. The third-order valence-corrected chi connectivity index (χ3v) is 3.16. The number of benzene rings is 2. The number of hydrogen-bond acceptors (Lipinski definition) is 3. The Balaban J connectivity index is 2.00. The highest BCUT2D eigenvalue weighted by atomic mass is 16.3. The van der Waals surface area contributed by atoms with Gasteiger partial charge in [-0.1, -0.05) is 37.3 Å². The van der Waals surface area contributed by atoms with Gasteiger partial charge in [-0.3, -0.25) is 4.79 Å². The van der Waals surface area contributed by atoms with Crippen LogP contribution < -0.4 is 5.32 Å². The number of carbonyl (C=O) groups is 1. The summed E-state index contributed by atoms with van der Waals surface area (Å²) in [6.45, 7) is 2.47. The van der Waals surface area contributed by atoms with E-state index in [-0.39, 0.29) is 23.0 Å².